The van der Waals surface area contributed by atoms with E-state index in [1.54, 1.807) is 42.5 Å². The number of benzene rings is 2. The van der Waals surface area contributed by atoms with Gasteiger partial charge in [0.2, 0.25) is 0 Å². The summed E-state index contributed by atoms with van der Waals surface area (Å²) in [5.41, 5.74) is 2.48. The molecule has 6 nitrogen and oxygen atoms in total. The fraction of sp³-hybridized carbons (Fsp3) is 0.211. The number of hydrogen-bond acceptors (Lipinski definition) is 5. The Morgan fingerprint density at radius 3 is 2.44 bits per heavy atom. The van der Waals surface area contributed by atoms with E-state index >= 15 is 0 Å². The van der Waals surface area contributed by atoms with Crippen molar-refractivity contribution in [1.82, 2.24) is 5.32 Å². The second-order valence-corrected chi connectivity index (χ2v) is 5.40. The Kier molecular flexibility index (Phi) is 6.28. The minimum atomic E-state index is -0.565. The molecule has 0 unspecified atom stereocenters. The van der Waals surface area contributed by atoms with Crippen molar-refractivity contribution in [3.05, 3.63) is 70.8 Å². The van der Waals surface area contributed by atoms with Crippen LogP contribution in [0.25, 0.3) is 0 Å². The first-order valence-electron chi connectivity index (χ1n) is 7.67. The van der Waals surface area contributed by atoms with Gasteiger partial charge in [0.1, 0.15) is 13.2 Å². The molecule has 0 aliphatic carbocycles. The minimum absolute atomic E-state index is 0.00395. The third-order valence-corrected chi connectivity index (χ3v) is 3.42. The highest BCUT2D eigenvalue weighted by Crippen LogP contribution is 2.08. The molecule has 0 fully saturated rings. The molecule has 0 spiro atoms. The van der Waals surface area contributed by atoms with E-state index < -0.39 is 11.9 Å². The number of esters is 2. The summed E-state index contributed by atoms with van der Waals surface area (Å²) in [5.74, 6) is -1.36. The number of methoxy groups -OCH3 is 1. The number of ether oxygens (including phenoxy) is 2. The highest BCUT2D eigenvalue weighted by atomic mass is 16.5. The van der Waals surface area contributed by atoms with Gasteiger partial charge in [-0.3, -0.25) is 9.59 Å². The van der Waals surface area contributed by atoms with E-state index in [-0.39, 0.29) is 19.1 Å². The minimum Gasteiger partial charge on any atom is -0.465 e. The monoisotopic (exact) mass is 341 g/mol. The van der Waals surface area contributed by atoms with Crippen LogP contribution < -0.4 is 5.32 Å². The van der Waals surface area contributed by atoms with Gasteiger partial charge in [-0.05, 0) is 36.8 Å². The second kappa shape index (κ2) is 8.63. The maximum absolute atomic E-state index is 12.0. The van der Waals surface area contributed by atoms with E-state index in [4.69, 9.17) is 4.74 Å². The molecule has 2 aromatic rings. The fourth-order valence-corrected chi connectivity index (χ4v) is 2.16. The average Bonchev–Trinajstić information content (AvgIpc) is 2.64. The van der Waals surface area contributed by atoms with Crippen molar-refractivity contribution in [2.75, 3.05) is 13.7 Å². The average molecular weight is 341 g/mol. The smallest absolute Gasteiger partial charge is 0.337 e. The predicted octanol–water partition coefficient (Wildman–Crippen LogP) is 2.25. The molecule has 0 atom stereocenters. The number of hydrogen-bond donors (Lipinski definition) is 1. The maximum Gasteiger partial charge on any atom is 0.337 e. The lowest BCUT2D eigenvalue weighted by Crippen LogP contribution is -2.30. The van der Waals surface area contributed by atoms with Gasteiger partial charge < -0.3 is 14.8 Å². The van der Waals surface area contributed by atoms with Crippen LogP contribution in [0.1, 0.15) is 31.8 Å². The van der Waals surface area contributed by atoms with Gasteiger partial charge in [0.05, 0.1) is 12.7 Å². The van der Waals surface area contributed by atoms with Crippen LogP contribution in [0.2, 0.25) is 0 Å². The van der Waals surface area contributed by atoms with Crippen LogP contribution in [0.3, 0.4) is 0 Å². The Balaban J connectivity index is 1.83. The van der Waals surface area contributed by atoms with E-state index in [9.17, 15) is 14.4 Å². The zero-order valence-corrected chi connectivity index (χ0v) is 14.1. The van der Waals surface area contributed by atoms with Gasteiger partial charge in [-0.2, -0.15) is 0 Å². The molecule has 6 heteroatoms. The van der Waals surface area contributed by atoms with Gasteiger partial charge in [0, 0.05) is 5.56 Å². The summed E-state index contributed by atoms with van der Waals surface area (Å²) in [7, 11) is 1.30. The third kappa shape index (κ3) is 5.46. The highest BCUT2D eigenvalue weighted by molar-refractivity contribution is 5.96. The van der Waals surface area contributed by atoms with Crippen molar-refractivity contribution in [2.45, 2.75) is 13.5 Å². The Morgan fingerprint density at radius 2 is 1.72 bits per heavy atom. The standard InChI is InChI=1S/C19H19NO5/c1-13-5-3-7-15(9-13)18(22)20-11-17(21)25-12-14-6-4-8-16(10-14)19(23)24-2/h3-10H,11-12H2,1-2H3,(H,20,22). The Morgan fingerprint density at radius 1 is 1.00 bits per heavy atom. The van der Waals surface area contributed by atoms with Crippen LogP contribution in [0.15, 0.2) is 48.5 Å². The number of amides is 1. The molecule has 0 saturated heterocycles. The number of rotatable bonds is 6. The van der Waals surface area contributed by atoms with Gasteiger partial charge in [0.15, 0.2) is 0 Å². The molecule has 0 aromatic heterocycles. The summed E-state index contributed by atoms with van der Waals surface area (Å²) in [4.78, 5) is 35.2. The highest BCUT2D eigenvalue weighted by Gasteiger charge is 2.10. The van der Waals surface area contributed by atoms with Crippen LogP contribution in [0.5, 0.6) is 0 Å². The zero-order chi connectivity index (χ0) is 18.2. The molecule has 0 heterocycles. The molecule has 25 heavy (non-hydrogen) atoms. The normalized spacial score (nSPS) is 10.0. The van der Waals surface area contributed by atoms with Gasteiger partial charge in [-0.15, -0.1) is 0 Å². The largest absolute Gasteiger partial charge is 0.465 e. The van der Waals surface area contributed by atoms with Crippen molar-refractivity contribution in [2.24, 2.45) is 0 Å². The molecule has 130 valence electrons. The summed E-state index contributed by atoms with van der Waals surface area (Å²) < 4.78 is 9.74. The zero-order valence-electron chi connectivity index (χ0n) is 14.1. The lowest BCUT2D eigenvalue weighted by atomic mass is 10.1. The molecular formula is C19H19NO5. The topological polar surface area (TPSA) is 81.7 Å². The third-order valence-electron chi connectivity index (χ3n) is 3.42. The summed E-state index contributed by atoms with van der Waals surface area (Å²) in [6, 6.07) is 13.7. The maximum atomic E-state index is 12.0. The number of aryl methyl sites for hydroxylation is 1. The van der Waals surface area contributed by atoms with Gasteiger partial charge >= 0.3 is 11.9 Å². The molecule has 2 aromatic carbocycles. The Labute approximate surface area is 145 Å². The molecule has 0 aliphatic heterocycles. The summed E-state index contributed by atoms with van der Waals surface area (Å²) in [6.07, 6.45) is 0. The Bertz CT molecular complexity index is 785. The van der Waals surface area contributed by atoms with Crippen molar-refractivity contribution < 1.29 is 23.9 Å². The SMILES string of the molecule is COC(=O)c1cccc(COC(=O)CNC(=O)c2cccc(C)c2)c1. The molecule has 0 bridgehead atoms. The van der Waals surface area contributed by atoms with Crippen molar-refractivity contribution in [3.63, 3.8) is 0 Å². The summed E-state index contributed by atoms with van der Waals surface area (Å²) in [5, 5.41) is 2.51. The number of carbonyl (C=O) groups excluding carboxylic acids is 3. The van der Waals surface area contributed by atoms with E-state index in [1.807, 2.05) is 13.0 Å². The van der Waals surface area contributed by atoms with Crippen molar-refractivity contribution in [3.8, 4) is 0 Å². The van der Waals surface area contributed by atoms with E-state index in [0.717, 1.165) is 5.56 Å². The molecule has 0 aliphatic rings. The molecular weight excluding hydrogens is 322 g/mol. The van der Waals surface area contributed by atoms with Gasteiger partial charge in [-0.1, -0.05) is 29.8 Å². The molecule has 0 radical (unpaired) electrons. The predicted molar refractivity (Wildman–Crippen MR) is 91.1 cm³/mol. The van der Waals surface area contributed by atoms with Crippen molar-refractivity contribution in [1.29, 1.82) is 0 Å². The van der Waals surface area contributed by atoms with Gasteiger partial charge in [-0.25, -0.2) is 4.79 Å². The summed E-state index contributed by atoms with van der Waals surface area (Å²) >= 11 is 0. The number of nitrogens with one attached hydrogen (secondary N) is 1. The molecule has 0 saturated carbocycles. The second-order valence-electron chi connectivity index (χ2n) is 5.40. The van der Waals surface area contributed by atoms with Crippen LogP contribution in [-0.4, -0.2) is 31.5 Å². The van der Waals surface area contributed by atoms with Crippen LogP contribution in [-0.2, 0) is 20.9 Å². The van der Waals surface area contributed by atoms with Crippen LogP contribution in [0, 0.1) is 6.92 Å². The first-order valence-corrected chi connectivity index (χ1v) is 7.67. The Hall–Kier alpha value is -3.15. The fourth-order valence-electron chi connectivity index (χ4n) is 2.16. The summed E-state index contributed by atoms with van der Waals surface area (Å²) in [6.45, 7) is 1.65. The lowest BCUT2D eigenvalue weighted by molar-refractivity contribution is -0.143. The lowest BCUT2D eigenvalue weighted by Gasteiger charge is -2.08. The van der Waals surface area contributed by atoms with E-state index in [0.29, 0.717) is 16.7 Å². The van der Waals surface area contributed by atoms with E-state index in [1.165, 1.54) is 7.11 Å². The first-order chi connectivity index (χ1) is 12.0. The van der Waals surface area contributed by atoms with Crippen LogP contribution >= 0.6 is 0 Å². The molecule has 1 N–H and O–H groups in total. The van der Waals surface area contributed by atoms with Crippen molar-refractivity contribution >= 4 is 17.8 Å². The first kappa shape index (κ1) is 18.2. The molecule has 2 rings (SSSR count). The van der Waals surface area contributed by atoms with Crippen LogP contribution in [0.4, 0.5) is 0 Å². The van der Waals surface area contributed by atoms with E-state index in [2.05, 4.69) is 10.1 Å². The van der Waals surface area contributed by atoms with Gasteiger partial charge in [0.25, 0.3) is 5.91 Å². The quantitative estimate of drug-likeness (QED) is 0.815. The molecule has 1 amide bonds. The number of carbonyl (C=O) groups is 3.